The summed E-state index contributed by atoms with van der Waals surface area (Å²) >= 11 is 0. The van der Waals surface area contributed by atoms with Crippen LogP contribution in [-0.2, 0) is 4.79 Å². The first-order valence-electron chi connectivity index (χ1n) is 5.60. The second kappa shape index (κ2) is 6.04. The van der Waals surface area contributed by atoms with Crippen LogP contribution >= 0.6 is 0 Å². The van der Waals surface area contributed by atoms with Crippen molar-refractivity contribution in [2.75, 3.05) is 26.0 Å². The van der Waals surface area contributed by atoms with E-state index in [0.717, 1.165) is 0 Å². The van der Waals surface area contributed by atoms with Gasteiger partial charge in [-0.05, 0) is 13.8 Å². The van der Waals surface area contributed by atoms with E-state index < -0.39 is 0 Å². The number of carbonyl (C=O) groups is 2. The highest BCUT2D eigenvalue weighted by molar-refractivity contribution is 5.93. The summed E-state index contributed by atoms with van der Waals surface area (Å²) in [4.78, 5) is 26.5. The van der Waals surface area contributed by atoms with E-state index in [-0.39, 0.29) is 24.5 Å². The molecule has 0 aliphatic heterocycles. The Bertz CT molecular complexity index is 400. The average Bonchev–Trinajstić information content (AvgIpc) is 2.77. The first-order valence-corrected chi connectivity index (χ1v) is 5.60. The van der Waals surface area contributed by atoms with E-state index in [2.05, 4.69) is 15.0 Å². The number of anilines is 1. The Hall–Kier alpha value is -2.05. The van der Waals surface area contributed by atoms with Gasteiger partial charge in [-0.2, -0.15) is 0 Å². The zero-order valence-electron chi connectivity index (χ0n) is 11.0. The van der Waals surface area contributed by atoms with Gasteiger partial charge >= 0.3 is 6.03 Å². The van der Waals surface area contributed by atoms with Crippen molar-refractivity contribution in [1.29, 1.82) is 0 Å². The molecule has 0 radical (unpaired) electrons. The average molecular weight is 254 g/mol. The second-order valence-corrected chi connectivity index (χ2v) is 4.33. The molecule has 0 saturated heterocycles. The lowest BCUT2D eigenvalue weighted by molar-refractivity contribution is -0.117. The number of nitrogens with zero attached hydrogens (tertiary/aromatic N) is 3. The Morgan fingerprint density at radius 2 is 2.11 bits per heavy atom. The third kappa shape index (κ3) is 3.76. The van der Waals surface area contributed by atoms with E-state index in [1.165, 1.54) is 22.1 Å². The number of nitrogens with one attached hydrogen (secondary N) is 1. The van der Waals surface area contributed by atoms with Crippen LogP contribution in [0, 0.1) is 0 Å². The van der Waals surface area contributed by atoms with Gasteiger partial charge in [0.2, 0.25) is 5.91 Å². The summed E-state index contributed by atoms with van der Waals surface area (Å²) in [5.41, 5.74) is 0. The number of rotatable bonds is 4. The highest BCUT2D eigenvalue weighted by atomic mass is 16.5. The maximum Gasteiger partial charge on any atom is 0.320 e. The number of hydrogen-bond acceptors (Lipinski definition) is 4. The fraction of sp³-hybridized carbons (Fsp3) is 0.545. The van der Waals surface area contributed by atoms with E-state index in [1.807, 2.05) is 13.8 Å². The zero-order valence-corrected chi connectivity index (χ0v) is 11.0. The van der Waals surface area contributed by atoms with Crippen molar-refractivity contribution in [3.63, 3.8) is 0 Å². The molecule has 0 saturated carbocycles. The first-order chi connectivity index (χ1) is 8.41. The van der Waals surface area contributed by atoms with Gasteiger partial charge in [-0.15, -0.1) is 0 Å². The van der Waals surface area contributed by atoms with Crippen molar-refractivity contribution in [3.8, 4) is 0 Å². The number of amides is 3. The number of hydrogen-bond donors (Lipinski definition) is 1. The largest absolute Gasteiger partial charge is 0.363 e. The highest BCUT2D eigenvalue weighted by Crippen LogP contribution is 2.05. The molecule has 1 N–H and O–H groups in total. The summed E-state index contributed by atoms with van der Waals surface area (Å²) in [5.74, 6) is 0.0220. The van der Waals surface area contributed by atoms with Crippen molar-refractivity contribution in [1.82, 2.24) is 15.0 Å². The zero-order chi connectivity index (χ0) is 13.7. The molecule has 7 nitrogen and oxygen atoms in total. The maximum atomic E-state index is 11.9. The van der Waals surface area contributed by atoms with E-state index in [1.54, 1.807) is 14.1 Å². The minimum Gasteiger partial charge on any atom is -0.363 e. The minimum absolute atomic E-state index is 0.0263. The molecule has 100 valence electrons. The van der Waals surface area contributed by atoms with Gasteiger partial charge < -0.3 is 19.6 Å². The number of aromatic nitrogens is 1. The molecule has 0 fully saturated rings. The Kier molecular flexibility index (Phi) is 4.70. The molecule has 1 rings (SSSR count). The molecule has 0 unspecified atom stereocenters. The van der Waals surface area contributed by atoms with Gasteiger partial charge in [-0.25, -0.2) is 4.79 Å². The van der Waals surface area contributed by atoms with Gasteiger partial charge in [0, 0.05) is 26.2 Å². The van der Waals surface area contributed by atoms with Gasteiger partial charge in [0.15, 0.2) is 5.82 Å². The smallest absolute Gasteiger partial charge is 0.320 e. The van der Waals surface area contributed by atoms with Gasteiger partial charge in [0.1, 0.15) is 12.8 Å². The summed E-state index contributed by atoms with van der Waals surface area (Å²) in [5, 5.41) is 6.11. The van der Waals surface area contributed by atoms with Crippen molar-refractivity contribution in [3.05, 3.63) is 12.3 Å². The molecule has 3 amide bonds. The van der Waals surface area contributed by atoms with Crippen molar-refractivity contribution < 1.29 is 14.1 Å². The summed E-state index contributed by atoms with van der Waals surface area (Å²) in [6.07, 6.45) is 1.36. The highest BCUT2D eigenvalue weighted by Gasteiger charge is 2.21. The van der Waals surface area contributed by atoms with Crippen LogP contribution < -0.4 is 5.32 Å². The normalized spacial score (nSPS) is 10.3. The van der Waals surface area contributed by atoms with Gasteiger partial charge in [-0.3, -0.25) is 4.79 Å². The molecule has 0 aliphatic carbocycles. The Balaban J connectivity index is 2.61. The fourth-order valence-corrected chi connectivity index (χ4v) is 1.34. The van der Waals surface area contributed by atoms with E-state index in [4.69, 9.17) is 0 Å². The van der Waals surface area contributed by atoms with Crippen LogP contribution in [0.5, 0.6) is 0 Å². The first kappa shape index (κ1) is 14.0. The SMILES string of the molecule is CC(C)N(CC(=O)Nc1ccon1)C(=O)N(C)C. The lowest BCUT2D eigenvalue weighted by Gasteiger charge is -2.28. The molecule has 0 spiro atoms. The van der Waals surface area contributed by atoms with Crippen molar-refractivity contribution in [2.45, 2.75) is 19.9 Å². The van der Waals surface area contributed by atoms with Crippen LogP contribution in [0.2, 0.25) is 0 Å². The van der Waals surface area contributed by atoms with Crippen LogP contribution in [0.15, 0.2) is 16.9 Å². The molecule has 18 heavy (non-hydrogen) atoms. The standard InChI is InChI=1S/C11H18N4O3/c1-8(2)15(11(17)14(3)4)7-10(16)12-9-5-6-18-13-9/h5-6,8H,7H2,1-4H3,(H,12,13,16). The topological polar surface area (TPSA) is 78.7 Å². The summed E-state index contributed by atoms with van der Waals surface area (Å²) in [6.45, 7) is 3.68. The van der Waals surface area contributed by atoms with Crippen LogP contribution in [-0.4, -0.2) is 53.6 Å². The maximum absolute atomic E-state index is 11.9. The molecule has 7 heteroatoms. The third-order valence-electron chi connectivity index (χ3n) is 2.27. The third-order valence-corrected chi connectivity index (χ3v) is 2.27. The monoisotopic (exact) mass is 254 g/mol. The fourth-order valence-electron chi connectivity index (χ4n) is 1.34. The predicted octanol–water partition coefficient (Wildman–Crippen LogP) is 1.01. The summed E-state index contributed by atoms with van der Waals surface area (Å²) < 4.78 is 4.60. The van der Waals surface area contributed by atoms with Crippen LogP contribution in [0.25, 0.3) is 0 Å². The second-order valence-electron chi connectivity index (χ2n) is 4.33. The minimum atomic E-state index is -0.312. The molecule has 0 atom stereocenters. The molecule has 0 aliphatic rings. The van der Waals surface area contributed by atoms with Gasteiger partial charge in [-0.1, -0.05) is 5.16 Å². The quantitative estimate of drug-likeness (QED) is 0.869. The van der Waals surface area contributed by atoms with E-state index in [0.29, 0.717) is 5.82 Å². The number of urea groups is 1. The van der Waals surface area contributed by atoms with E-state index >= 15 is 0 Å². The van der Waals surface area contributed by atoms with Crippen LogP contribution in [0.4, 0.5) is 10.6 Å². The Morgan fingerprint density at radius 3 is 2.56 bits per heavy atom. The van der Waals surface area contributed by atoms with Crippen LogP contribution in [0.1, 0.15) is 13.8 Å². The van der Waals surface area contributed by atoms with Crippen LogP contribution in [0.3, 0.4) is 0 Å². The molecular formula is C11H18N4O3. The lowest BCUT2D eigenvalue weighted by atomic mass is 10.3. The van der Waals surface area contributed by atoms with Gasteiger partial charge in [0.25, 0.3) is 0 Å². The molecule has 0 aromatic carbocycles. The predicted molar refractivity (Wildman–Crippen MR) is 66.1 cm³/mol. The summed E-state index contributed by atoms with van der Waals surface area (Å²) in [7, 11) is 3.29. The lowest BCUT2D eigenvalue weighted by Crippen LogP contribution is -2.47. The van der Waals surface area contributed by atoms with Crippen molar-refractivity contribution >= 4 is 17.8 Å². The van der Waals surface area contributed by atoms with Gasteiger partial charge in [0.05, 0.1) is 0 Å². The van der Waals surface area contributed by atoms with Crippen molar-refractivity contribution in [2.24, 2.45) is 0 Å². The molecule has 1 aromatic rings. The molecule has 1 aromatic heterocycles. The number of carbonyl (C=O) groups excluding carboxylic acids is 2. The Morgan fingerprint density at radius 1 is 1.44 bits per heavy atom. The summed E-state index contributed by atoms with van der Waals surface area (Å²) in [6, 6.07) is 1.26. The molecule has 0 bridgehead atoms. The molecular weight excluding hydrogens is 236 g/mol. The Labute approximate surface area is 106 Å². The van der Waals surface area contributed by atoms with E-state index in [9.17, 15) is 9.59 Å². The molecule has 1 heterocycles.